The number of carboxylic acids is 1. The van der Waals surface area contributed by atoms with Crippen molar-refractivity contribution in [2.24, 2.45) is 0 Å². The van der Waals surface area contributed by atoms with E-state index in [9.17, 15) is 9.59 Å². The number of terminal acetylenes is 1. The van der Waals surface area contributed by atoms with E-state index in [-0.39, 0.29) is 13.2 Å². The fourth-order valence-electron chi connectivity index (χ4n) is 1.73. The van der Waals surface area contributed by atoms with Gasteiger partial charge in [-0.25, -0.2) is 4.79 Å². The Morgan fingerprint density at radius 3 is 2.90 bits per heavy atom. The van der Waals surface area contributed by atoms with E-state index in [0.717, 1.165) is 5.56 Å². The molecule has 0 bridgehead atoms. The molecule has 1 aliphatic rings. The second-order valence-electron chi connectivity index (χ2n) is 4.25. The van der Waals surface area contributed by atoms with Gasteiger partial charge in [0.1, 0.15) is 6.04 Å². The minimum absolute atomic E-state index is 0.0705. The Morgan fingerprint density at radius 2 is 2.19 bits per heavy atom. The molecular formula is C15H13NO5. The number of hydrogen-bond donors (Lipinski definition) is 2. The van der Waals surface area contributed by atoms with Gasteiger partial charge in [0.25, 0.3) is 0 Å². The maximum atomic E-state index is 11.7. The SMILES string of the molecule is C#CCC(NC(=O)/C=C/c1ccc2c(c1)OCO2)C(=O)O. The van der Waals surface area contributed by atoms with Crippen molar-refractivity contribution in [3.63, 3.8) is 0 Å². The van der Waals surface area contributed by atoms with Crippen LogP contribution in [0.4, 0.5) is 0 Å². The monoisotopic (exact) mass is 287 g/mol. The van der Waals surface area contributed by atoms with Crippen molar-refractivity contribution >= 4 is 18.0 Å². The molecule has 1 aromatic rings. The number of nitrogens with one attached hydrogen (secondary N) is 1. The van der Waals surface area contributed by atoms with Crippen LogP contribution in [-0.2, 0) is 9.59 Å². The van der Waals surface area contributed by atoms with Crippen molar-refractivity contribution < 1.29 is 24.2 Å². The van der Waals surface area contributed by atoms with E-state index in [1.165, 1.54) is 6.08 Å². The minimum Gasteiger partial charge on any atom is -0.480 e. The molecule has 1 aromatic carbocycles. The molecular weight excluding hydrogens is 274 g/mol. The number of ether oxygens (including phenoxy) is 2. The first kappa shape index (κ1) is 14.5. The highest BCUT2D eigenvalue weighted by atomic mass is 16.7. The normalized spacial score (nSPS) is 13.7. The summed E-state index contributed by atoms with van der Waals surface area (Å²) in [4.78, 5) is 22.5. The Kier molecular flexibility index (Phi) is 4.46. The summed E-state index contributed by atoms with van der Waals surface area (Å²) in [6.07, 6.45) is 7.77. The molecule has 108 valence electrons. The van der Waals surface area contributed by atoms with E-state index < -0.39 is 17.9 Å². The van der Waals surface area contributed by atoms with Gasteiger partial charge in [0.15, 0.2) is 11.5 Å². The summed E-state index contributed by atoms with van der Waals surface area (Å²) >= 11 is 0. The van der Waals surface area contributed by atoms with Crippen LogP contribution in [0.3, 0.4) is 0 Å². The largest absolute Gasteiger partial charge is 0.480 e. The predicted molar refractivity (Wildman–Crippen MR) is 74.6 cm³/mol. The van der Waals surface area contributed by atoms with Gasteiger partial charge in [0.2, 0.25) is 12.7 Å². The molecule has 6 heteroatoms. The molecule has 2 N–H and O–H groups in total. The zero-order chi connectivity index (χ0) is 15.2. The summed E-state index contributed by atoms with van der Waals surface area (Å²) in [5.74, 6) is 1.76. The zero-order valence-corrected chi connectivity index (χ0v) is 11.0. The van der Waals surface area contributed by atoms with E-state index in [2.05, 4.69) is 11.2 Å². The lowest BCUT2D eigenvalue weighted by molar-refractivity contribution is -0.141. The topological polar surface area (TPSA) is 84.9 Å². The van der Waals surface area contributed by atoms with Crippen molar-refractivity contribution in [1.29, 1.82) is 0 Å². The van der Waals surface area contributed by atoms with Crippen LogP contribution < -0.4 is 14.8 Å². The molecule has 0 spiro atoms. The number of fused-ring (bicyclic) bond motifs is 1. The molecule has 21 heavy (non-hydrogen) atoms. The van der Waals surface area contributed by atoms with E-state index in [0.29, 0.717) is 11.5 Å². The number of rotatable bonds is 5. The van der Waals surface area contributed by atoms with Gasteiger partial charge in [-0.2, -0.15) is 0 Å². The average molecular weight is 287 g/mol. The van der Waals surface area contributed by atoms with Gasteiger partial charge in [0.05, 0.1) is 0 Å². The lowest BCUT2D eigenvalue weighted by Crippen LogP contribution is -2.39. The Bertz CT molecular complexity index is 629. The average Bonchev–Trinajstić information content (AvgIpc) is 2.92. The molecule has 0 radical (unpaired) electrons. The molecule has 1 unspecified atom stereocenters. The Morgan fingerprint density at radius 1 is 1.43 bits per heavy atom. The summed E-state index contributed by atoms with van der Waals surface area (Å²) in [5, 5.41) is 11.2. The number of amides is 1. The highest BCUT2D eigenvalue weighted by Gasteiger charge is 2.17. The molecule has 0 saturated heterocycles. The first-order valence-electron chi connectivity index (χ1n) is 6.14. The lowest BCUT2D eigenvalue weighted by Gasteiger charge is -2.09. The van der Waals surface area contributed by atoms with Gasteiger partial charge in [-0.05, 0) is 23.8 Å². The minimum atomic E-state index is -1.17. The van der Waals surface area contributed by atoms with Gasteiger partial charge < -0.3 is 19.9 Å². The second-order valence-corrected chi connectivity index (χ2v) is 4.25. The lowest BCUT2D eigenvalue weighted by atomic mass is 10.2. The first-order valence-corrected chi connectivity index (χ1v) is 6.14. The summed E-state index contributed by atoms with van der Waals surface area (Å²) in [5.41, 5.74) is 0.734. The van der Waals surface area contributed by atoms with Crippen molar-refractivity contribution in [1.82, 2.24) is 5.32 Å². The third-order valence-electron chi connectivity index (χ3n) is 2.76. The van der Waals surface area contributed by atoms with Crippen LogP contribution >= 0.6 is 0 Å². The number of carbonyl (C=O) groups is 2. The Balaban J connectivity index is 1.99. The molecule has 6 nitrogen and oxygen atoms in total. The quantitative estimate of drug-likeness (QED) is 0.624. The fraction of sp³-hybridized carbons (Fsp3) is 0.200. The Hall–Kier alpha value is -2.94. The number of carbonyl (C=O) groups excluding carboxylic acids is 1. The van der Waals surface area contributed by atoms with E-state index >= 15 is 0 Å². The van der Waals surface area contributed by atoms with Crippen LogP contribution in [0.15, 0.2) is 24.3 Å². The third kappa shape index (κ3) is 3.76. The van der Waals surface area contributed by atoms with E-state index in [1.807, 2.05) is 0 Å². The van der Waals surface area contributed by atoms with Crippen LogP contribution in [-0.4, -0.2) is 29.8 Å². The van der Waals surface area contributed by atoms with Crippen molar-refractivity contribution in [3.8, 4) is 23.8 Å². The summed E-state index contributed by atoms with van der Waals surface area (Å²) < 4.78 is 10.4. The molecule has 1 amide bonds. The van der Waals surface area contributed by atoms with Gasteiger partial charge >= 0.3 is 5.97 Å². The van der Waals surface area contributed by atoms with E-state index in [1.54, 1.807) is 24.3 Å². The highest BCUT2D eigenvalue weighted by Crippen LogP contribution is 2.32. The first-order chi connectivity index (χ1) is 10.1. The molecule has 0 aromatic heterocycles. The highest BCUT2D eigenvalue weighted by molar-refractivity contribution is 5.94. The third-order valence-corrected chi connectivity index (χ3v) is 2.76. The summed E-state index contributed by atoms with van der Waals surface area (Å²) in [6.45, 7) is 0.176. The maximum absolute atomic E-state index is 11.7. The van der Waals surface area contributed by atoms with Crippen LogP contribution in [0, 0.1) is 12.3 Å². The van der Waals surface area contributed by atoms with Crippen LogP contribution in [0.2, 0.25) is 0 Å². The molecule has 0 aliphatic carbocycles. The van der Waals surface area contributed by atoms with Gasteiger partial charge in [-0.3, -0.25) is 4.79 Å². The smallest absolute Gasteiger partial charge is 0.327 e. The molecule has 1 aliphatic heterocycles. The standard InChI is InChI=1S/C15H13NO5/c1-2-3-11(15(18)19)16-14(17)7-5-10-4-6-12-13(8-10)21-9-20-12/h1,4-8,11H,3,9H2,(H,16,17)(H,18,19)/b7-5+. The van der Waals surface area contributed by atoms with Gasteiger partial charge in [-0.15, -0.1) is 12.3 Å². The Labute approximate surface area is 121 Å². The molecule has 1 heterocycles. The van der Waals surface area contributed by atoms with Crippen LogP contribution in [0.25, 0.3) is 6.08 Å². The molecule has 2 rings (SSSR count). The number of aliphatic carboxylic acids is 1. The molecule has 0 fully saturated rings. The van der Waals surface area contributed by atoms with E-state index in [4.69, 9.17) is 21.0 Å². The summed E-state index contributed by atoms with van der Waals surface area (Å²) in [6, 6.07) is 4.12. The van der Waals surface area contributed by atoms with Crippen LogP contribution in [0.1, 0.15) is 12.0 Å². The molecule has 0 saturated carbocycles. The fourth-order valence-corrected chi connectivity index (χ4v) is 1.73. The number of carboxylic acid groups (broad SMARTS) is 1. The number of hydrogen-bond acceptors (Lipinski definition) is 4. The van der Waals surface area contributed by atoms with Crippen LogP contribution in [0.5, 0.6) is 11.5 Å². The van der Waals surface area contributed by atoms with Gasteiger partial charge in [0, 0.05) is 12.5 Å². The maximum Gasteiger partial charge on any atom is 0.327 e. The molecule has 1 atom stereocenters. The second kappa shape index (κ2) is 6.48. The van der Waals surface area contributed by atoms with Gasteiger partial charge in [-0.1, -0.05) is 6.07 Å². The summed E-state index contributed by atoms with van der Waals surface area (Å²) in [7, 11) is 0. The van der Waals surface area contributed by atoms with Crippen molar-refractivity contribution in [2.45, 2.75) is 12.5 Å². The van der Waals surface area contributed by atoms with Crippen molar-refractivity contribution in [3.05, 3.63) is 29.8 Å². The van der Waals surface area contributed by atoms with Crippen molar-refractivity contribution in [2.75, 3.05) is 6.79 Å². The zero-order valence-electron chi connectivity index (χ0n) is 11.0. The predicted octanol–water partition coefficient (Wildman–Crippen LogP) is 1.02. The number of benzene rings is 1.